The Kier molecular flexibility index (Phi) is 6.73. The van der Waals surface area contributed by atoms with Crippen molar-refractivity contribution in [1.82, 2.24) is 9.88 Å². The lowest BCUT2D eigenvalue weighted by Crippen LogP contribution is -2.37. The largest absolute Gasteiger partial charge is 0.459 e. The number of carbonyl (C=O) groups excluding carboxylic acids is 1. The molecule has 152 valence electrons. The minimum absolute atomic E-state index is 0.142. The molecule has 5 nitrogen and oxygen atoms in total. The first-order valence-corrected chi connectivity index (χ1v) is 10.9. The highest BCUT2D eigenvalue weighted by Gasteiger charge is 2.31. The van der Waals surface area contributed by atoms with Crippen molar-refractivity contribution < 1.29 is 9.53 Å². The van der Waals surface area contributed by atoms with Crippen molar-refractivity contribution in [3.63, 3.8) is 0 Å². The van der Waals surface area contributed by atoms with E-state index < -0.39 is 0 Å². The number of aryl methyl sites for hydroxylation is 2. The van der Waals surface area contributed by atoms with Gasteiger partial charge in [-0.3, -0.25) is 4.90 Å². The third-order valence-electron chi connectivity index (χ3n) is 5.23. The van der Waals surface area contributed by atoms with Gasteiger partial charge in [-0.25, -0.2) is 9.78 Å². The molecule has 1 aliphatic rings. The number of aromatic nitrogens is 1. The lowest BCUT2D eigenvalue weighted by molar-refractivity contribution is 0.0377. The van der Waals surface area contributed by atoms with Crippen LogP contribution in [0.4, 0.5) is 5.82 Å². The average Bonchev–Trinajstić information content (AvgIpc) is 3.27. The van der Waals surface area contributed by atoms with E-state index in [1.165, 1.54) is 9.75 Å². The monoisotopic (exact) mass is 401 g/mol. The minimum Gasteiger partial charge on any atom is -0.459 e. The molecule has 0 unspecified atom stereocenters. The fourth-order valence-corrected chi connectivity index (χ4v) is 4.73. The van der Waals surface area contributed by atoms with Crippen LogP contribution >= 0.6 is 11.3 Å². The van der Waals surface area contributed by atoms with Crippen molar-refractivity contribution in [3.8, 4) is 0 Å². The van der Waals surface area contributed by atoms with Crippen LogP contribution in [0, 0.1) is 13.8 Å². The van der Waals surface area contributed by atoms with Gasteiger partial charge >= 0.3 is 5.97 Å². The summed E-state index contributed by atoms with van der Waals surface area (Å²) in [6.45, 7) is 13.9. The second-order valence-electron chi connectivity index (χ2n) is 7.74. The molecule has 1 saturated heterocycles. The zero-order chi connectivity index (χ0) is 20.3. The molecular weight excluding hydrogens is 370 g/mol. The van der Waals surface area contributed by atoms with Gasteiger partial charge in [-0.05, 0) is 64.4 Å². The van der Waals surface area contributed by atoms with Crippen LogP contribution in [0.3, 0.4) is 0 Å². The number of anilines is 1. The first kappa shape index (κ1) is 20.8. The molecule has 3 rings (SSSR count). The third kappa shape index (κ3) is 4.73. The van der Waals surface area contributed by atoms with Gasteiger partial charge in [0.1, 0.15) is 11.4 Å². The topological polar surface area (TPSA) is 45.7 Å². The first-order valence-electron chi connectivity index (χ1n) is 10.1. The molecule has 2 aromatic heterocycles. The molecule has 0 aliphatic carbocycles. The van der Waals surface area contributed by atoms with Crippen LogP contribution in [0.5, 0.6) is 0 Å². The molecule has 6 heteroatoms. The van der Waals surface area contributed by atoms with Crippen molar-refractivity contribution in [2.45, 2.75) is 59.7 Å². The van der Waals surface area contributed by atoms with E-state index in [0.717, 1.165) is 44.0 Å². The van der Waals surface area contributed by atoms with E-state index in [4.69, 9.17) is 4.74 Å². The van der Waals surface area contributed by atoms with Gasteiger partial charge in [0.15, 0.2) is 0 Å². The van der Waals surface area contributed by atoms with Gasteiger partial charge in [-0.15, -0.1) is 11.3 Å². The van der Waals surface area contributed by atoms with E-state index in [2.05, 4.69) is 40.8 Å². The maximum Gasteiger partial charge on any atom is 0.342 e. The maximum atomic E-state index is 12.7. The van der Waals surface area contributed by atoms with E-state index in [1.807, 2.05) is 38.2 Å². The van der Waals surface area contributed by atoms with Gasteiger partial charge in [-0.2, -0.15) is 0 Å². The molecular formula is C22H31N3O2S. The molecule has 0 spiro atoms. The van der Waals surface area contributed by atoms with Gasteiger partial charge in [0.05, 0.1) is 6.10 Å². The van der Waals surface area contributed by atoms with Crippen molar-refractivity contribution in [2.24, 2.45) is 0 Å². The SMILES string of the molecule is CCN(Cc1ccc(C)s1)[C@@H]1CCN(c2nccc(C)c2C(=O)OC(C)C)C1. The highest BCUT2D eigenvalue weighted by Crippen LogP contribution is 2.28. The Labute approximate surface area is 172 Å². The summed E-state index contributed by atoms with van der Waals surface area (Å²) >= 11 is 1.87. The molecule has 0 N–H and O–H groups in total. The summed E-state index contributed by atoms with van der Waals surface area (Å²) in [6, 6.07) is 6.77. The summed E-state index contributed by atoms with van der Waals surface area (Å²) in [5.74, 6) is 0.483. The molecule has 1 atom stereocenters. The lowest BCUT2D eigenvalue weighted by Gasteiger charge is -2.28. The van der Waals surface area contributed by atoms with Crippen LogP contribution in [0.1, 0.15) is 52.9 Å². The number of hydrogen-bond acceptors (Lipinski definition) is 6. The standard InChI is InChI=1S/C22H31N3O2S/c1-6-24(14-19-8-7-17(5)28-19)18-10-12-25(13-18)21-20(16(4)9-11-23-21)22(26)27-15(2)3/h7-9,11,15,18H,6,10,12-14H2,1-5H3/t18-/m1/s1. The van der Waals surface area contributed by atoms with Crippen LogP contribution in [-0.2, 0) is 11.3 Å². The number of nitrogens with zero attached hydrogens (tertiary/aromatic N) is 3. The van der Waals surface area contributed by atoms with Gasteiger partial charge < -0.3 is 9.64 Å². The van der Waals surface area contributed by atoms with Crippen LogP contribution in [0.2, 0.25) is 0 Å². The first-order chi connectivity index (χ1) is 13.4. The van der Waals surface area contributed by atoms with Crippen LogP contribution in [0.25, 0.3) is 0 Å². The molecule has 1 fully saturated rings. The number of carbonyl (C=O) groups is 1. The van der Waals surface area contributed by atoms with Crippen LogP contribution in [-0.4, -0.2) is 47.6 Å². The summed E-state index contributed by atoms with van der Waals surface area (Å²) in [7, 11) is 0. The summed E-state index contributed by atoms with van der Waals surface area (Å²) in [5.41, 5.74) is 1.52. The Morgan fingerprint density at radius 3 is 2.79 bits per heavy atom. The van der Waals surface area contributed by atoms with Gasteiger partial charge in [-0.1, -0.05) is 6.92 Å². The third-order valence-corrected chi connectivity index (χ3v) is 6.21. The Morgan fingerprint density at radius 1 is 1.36 bits per heavy atom. The quantitative estimate of drug-likeness (QED) is 0.643. The summed E-state index contributed by atoms with van der Waals surface area (Å²) < 4.78 is 5.48. The summed E-state index contributed by atoms with van der Waals surface area (Å²) in [5, 5.41) is 0. The van der Waals surface area contributed by atoms with Crippen molar-refractivity contribution in [3.05, 3.63) is 45.3 Å². The molecule has 0 aromatic carbocycles. The normalized spacial score (nSPS) is 17.0. The second-order valence-corrected chi connectivity index (χ2v) is 9.12. The molecule has 1 aliphatic heterocycles. The fourth-order valence-electron chi connectivity index (χ4n) is 3.81. The number of rotatable bonds is 7. The van der Waals surface area contributed by atoms with Gasteiger partial charge in [0.25, 0.3) is 0 Å². The molecule has 3 heterocycles. The number of hydrogen-bond donors (Lipinski definition) is 0. The highest BCUT2D eigenvalue weighted by molar-refractivity contribution is 7.11. The molecule has 0 saturated carbocycles. The number of ether oxygens (including phenoxy) is 1. The van der Waals surface area contributed by atoms with Crippen molar-refractivity contribution in [1.29, 1.82) is 0 Å². The zero-order valence-electron chi connectivity index (χ0n) is 17.6. The van der Waals surface area contributed by atoms with E-state index in [0.29, 0.717) is 11.6 Å². The molecule has 2 aromatic rings. The van der Waals surface area contributed by atoms with Gasteiger partial charge in [0, 0.05) is 41.6 Å². The number of esters is 1. The second kappa shape index (κ2) is 9.05. The molecule has 0 amide bonds. The number of pyridine rings is 1. The lowest BCUT2D eigenvalue weighted by atomic mass is 10.1. The van der Waals surface area contributed by atoms with Crippen LogP contribution < -0.4 is 4.90 Å². The fraction of sp³-hybridized carbons (Fsp3) is 0.545. The average molecular weight is 402 g/mol. The Balaban J connectivity index is 1.76. The predicted octanol–water partition coefficient (Wildman–Crippen LogP) is 4.43. The zero-order valence-corrected chi connectivity index (χ0v) is 18.4. The highest BCUT2D eigenvalue weighted by atomic mass is 32.1. The predicted molar refractivity (Wildman–Crippen MR) is 115 cm³/mol. The summed E-state index contributed by atoms with van der Waals surface area (Å²) in [6.07, 6.45) is 2.72. The molecule has 0 bridgehead atoms. The maximum absolute atomic E-state index is 12.7. The van der Waals surface area contributed by atoms with E-state index >= 15 is 0 Å². The van der Waals surface area contributed by atoms with E-state index in [9.17, 15) is 4.79 Å². The van der Waals surface area contributed by atoms with Crippen molar-refractivity contribution >= 4 is 23.1 Å². The molecule has 0 radical (unpaired) electrons. The number of likely N-dealkylation sites (N-methyl/N-ethyl adjacent to an activating group) is 1. The number of thiophene rings is 1. The van der Waals surface area contributed by atoms with E-state index in [1.54, 1.807) is 6.20 Å². The Morgan fingerprint density at radius 2 is 2.14 bits per heavy atom. The smallest absolute Gasteiger partial charge is 0.342 e. The minimum atomic E-state index is -0.277. The summed E-state index contributed by atoms with van der Waals surface area (Å²) in [4.78, 5) is 24.8. The Hall–Kier alpha value is -1.92. The van der Waals surface area contributed by atoms with Gasteiger partial charge in [0.2, 0.25) is 0 Å². The van der Waals surface area contributed by atoms with Crippen LogP contribution in [0.15, 0.2) is 24.4 Å². The Bertz CT molecular complexity index is 818. The van der Waals surface area contributed by atoms with Crippen molar-refractivity contribution in [2.75, 3.05) is 24.5 Å². The van der Waals surface area contributed by atoms with E-state index in [-0.39, 0.29) is 12.1 Å². The molecule has 28 heavy (non-hydrogen) atoms.